The summed E-state index contributed by atoms with van der Waals surface area (Å²) >= 11 is 1.49. The minimum atomic E-state index is -0.759. The number of carbonyl (C=O) groups is 2. The number of hydrogen-bond acceptors (Lipinski definition) is 4. The summed E-state index contributed by atoms with van der Waals surface area (Å²) in [6, 6.07) is 16.2. The summed E-state index contributed by atoms with van der Waals surface area (Å²) in [6.07, 6.45) is 0. The number of carbonyl (C=O) groups excluding carboxylic acids is 2. The van der Waals surface area contributed by atoms with E-state index in [1.807, 2.05) is 54.6 Å². The van der Waals surface area contributed by atoms with Gasteiger partial charge in [-0.15, -0.1) is 11.8 Å². The molecule has 118 valence electrons. The second-order valence-corrected chi connectivity index (χ2v) is 6.10. The minimum Gasteiger partial charge on any atom is -0.464 e. The summed E-state index contributed by atoms with van der Waals surface area (Å²) < 4.78 is 5.24. The summed E-state index contributed by atoms with van der Waals surface area (Å²) in [5, 5.41) is 0. The highest BCUT2D eigenvalue weighted by molar-refractivity contribution is 8.00. The molecule has 0 saturated heterocycles. The number of anilines is 1. The maximum Gasteiger partial charge on any atom is 0.333 e. The fraction of sp³-hybridized carbons (Fsp3) is 0.222. The third kappa shape index (κ3) is 3.10. The van der Waals surface area contributed by atoms with Gasteiger partial charge in [0.05, 0.1) is 18.0 Å². The van der Waals surface area contributed by atoms with Gasteiger partial charge in [0.25, 0.3) is 0 Å². The molecule has 1 unspecified atom stereocenters. The molecule has 4 nitrogen and oxygen atoms in total. The highest BCUT2D eigenvalue weighted by Crippen LogP contribution is 2.40. The van der Waals surface area contributed by atoms with E-state index in [2.05, 4.69) is 0 Å². The second kappa shape index (κ2) is 6.87. The average Bonchev–Trinajstić information content (AvgIpc) is 2.58. The Morgan fingerprint density at radius 3 is 2.61 bits per heavy atom. The normalized spacial score (nSPS) is 15.0. The van der Waals surface area contributed by atoms with Gasteiger partial charge in [-0.3, -0.25) is 9.69 Å². The first-order chi connectivity index (χ1) is 11.2. The topological polar surface area (TPSA) is 46.6 Å². The van der Waals surface area contributed by atoms with E-state index in [4.69, 9.17) is 4.74 Å². The van der Waals surface area contributed by atoms with Crippen molar-refractivity contribution in [3.63, 3.8) is 0 Å². The van der Waals surface area contributed by atoms with Crippen LogP contribution in [0.25, 0.3) is 0 Å². The van der Waals surface area contributed by atoms with Crippen LogP contribution >= 0.6 is 11.8 Å². The minimum absolute atomic E-state index is 0.0874. The second-order valence-electron chi connectivity index (χ2n) is 5.09. The van der Waals surface area contributed by atoms with Gasteiger partial charge in [-0.1, -0.05) is 42.5 Å². The molecule has 2 aromatic carbocycles. The fourth-order valence-corrected chi connectivity index (χ4v) is 3.56. The standard InChI is InChI=1S/C18H17NO3S/c1-2-22-18(21)17(13-8-4-3-5-9-13)19-14-10-6-7-11-15(14)23-12-16(19)20/h3-11,17H,2,12H2,1H3. The van der Waals surface area contributed by atoms with E-state index in [-0.39, 0.29) is 12.5 Å². The molecule has 1 aliphatic rings. The van der Waals surface area contributed by atoms with Gasteiger partial charge in [0.2, 0.25) is 5.91 Å². The van der Waals surface area contributed by atoms with Crippen LogP contribution in [0.3, 0.4) is 0 Å². The Bertz CT molecular complexity index is 717. The van der Waals surface area contributed by atoms with Crippen LogP contribution in [0.1, 0.15) is 18.5 Å². The van der Waals surface area contributed by atoms with Crippen LogP contribution in [0.15, 0.2) is 59.5 Å². The first-order valence-electron chi connectivity index (χ1n) is 7.48. The summed E-state index contributed by atoms with van der Waals surface area (Å²) in [7, 11) is 0. The van der Waals surface area contributed by atoms with Crippen molar-refractivity contribution in [1.29, 1.82) is 0 Å². The van der Waals surface area contributed by atoms with Crippen LogP contribution in [0.5, 0.6) is 0 Å². The molecular formula is C18H17NO3S. The van der Waals surface area contributed by atoms with Crippen LogP contribution in [-0.2, 0) is 14.3 Å². The molecule has 2 aromatic rings. The van der Waals surface area contributed by atoms with Gasteiger partial charge in [-0.05, 0) is 24.6 Å². The van der Waals surface area contributed by atoms with Gasteiger partial charge in [0.15, 0.2) is 6.04 Å². The lowest BCUT2D eigenvalue weighted by Crippen LogP contribution is -2.42. The molecule has 0 bridgehead atoms. The van der Waals surface area contributed by atoms with Crippen molar-refractivity contribution in [2.24, 2.45) is 0 Å². The van der Waals surface area contributed by atoms with Crippen LogP contribution in [0.2, 0.25) is 0 Å². The van der Waals surface area contributed by atoms with E-state index >= 15 is 0 Å². The number of para-hydroxylation sites is 1. The number of benzene rings is 2. The van der Waals surface area contributed by atoms with E-state index in [1.165, 1.54) is 11.8 Å². The number of esters is 1. The van der Waals surface area contributed by atoms with Gasteiger partial charge >= 0.3 is 5.97 Å². The van der Waals surface area contributed by atoms with Crippen molar-refractivity contribution < 1.29 is 14.3 Å². The van der Waals surface area contributed by atoms with Gasteiger partial charge in [0, 0.05) is 4.90 Å². The largest absolute Gasteiger partial charge is 0.464 e. The maximum absolute atomic E-state index is 12.6. The van der Waals surface area contributed by atoms with E-state index in [1.54, 1.807) is 11.8 Å². The molecule has 1 amide bonds. The number of fused-ring (bicyclic) bond motifs is 1. The molecular weight excluding hydrogens is 310 g/mol. The summed E-state index contributed by atoms with van der Waals surface area (Å²) in [4.78, 5) is 27.7. The molecule has 1 aliphatic heterocycles. The van der Waals surface area contributed by atoms with Crippen LogP contribution in [0, 0.1) is 0 Å². The molecule has 0 radical (unpaired) electrons. The molecule has 23 heavy (non-hydrogen) atoms. The third-order valence-electron chi connectivity index (χ3n) is 3.63. The van der Waals surface area contributed by atoms with Gasteiger partial charge in [-0.25, -0.2) is 4.79 Å². The summed E-state index contributed by atoms with van der Waals surface area (Å²) in [5.74, 6) is -0.177. The third-order valence-corrected chi connectivity index (χ3v) is 4.68. The zero-order chi connectivity index (χ0) is 16.2. The monoisotopic (exact) mass is 327 g/mol. The predicted octanol–water partition coefficient (Wildman–Crippen LogP) is 3.43. The molecule has 1 atom stereocenters. The van der Waals surface area contributed by atoms with Crippen LogP contribution < -0.4 is 4.90 Å². The zero-order valence-corrected chi connectivity index (χ0v) is 13.6. The van der Waals surface area contributed by atoms with Crippen molar-refractivity contribution in [2.75, 3.05) is 17.3 Å². The number of nitrogens with zero attached hydrogens (tertiary/aromatic N) is 1. The lowest BCUT2D eigenvalue weighted by Gasteiger charge is -2.34. The number of amides is 1. The zero-order valence-electron chi connectivity index (χ0n) is 12.8. The lowest BCUT2D eigenvalue weighted by atomic mass is 10.0. The molecule has 0 N–H and O–H groups in total. The number of thioether (sulfide) groups is 1. The molecule has 5 heteroatoms. The summed E-state index contributed by atoms with van der Waals surface area (Å²) in [6.45, 7) is 2.04. The molecule has 0 fully saturated rings. The Morgan fingerprint density at radius 2 is 1.87 bits per heavy atom. The quantitative estimate of drug-likeness (QED) is 0.807. The van der Waals surface area contributed by atoms with Crippen molar-refractivity contribution in [3.8, 4) is 0 Å². The maximum atomic E-state index is 12.6. The Balaban J connectivity index is 2.09. The highest BCUT2D eigenvalue weighted by Gasteiger charge is 2.36. The van der Waals surface area contributed by atoms with E-state index in [9.17, 15) is 9.59 Å². The molecule has 1 heterocycles. The SMILES string of the molecule is CCOC(=O)C(c1ccccc1)N1C(=O)CSc2ccccc21. The van der Waals surface area contributed by atoms with Crippen LogP contribution in [-0.4, -0.2) is 24.2 Å². The molecule has 0 aliphatic carbocycles. The van der Waals surface area contributed by atoms with E-state index in [0.717, 1.165) is 16.1 Å². The van der Waals surface area contributed by atoms with Crippen molar-refractivity contribution in [3.05, 3.63) is 60.2 Å². The summed E-state index contributed by atoms with van der Waals surface area (Å²) in [5.41, 5.74) is 1.51. The Hall–Kier alpha value is -2.27. The molecule has 3 rings (SSSR count). The van der Waals surface area contributed by atoms with E-state index in [0.29, 0.717) is 5.75 Å². The average molecular weight is 327 g/mol. The van der Waals surface area contributed by atoms with Gasteiger partial charge in [0.1, 0.15) is 0 Å². The highest BCUT2D eigenvalue weighted by atomic mass is 32.2. The van der Waals surface area contributed by atoms with Crippen molar-refractivity contribution in [1.82, 2.24) is 0 Å². The van der Waals surface area contributed by atoms with Crippen molar-refractivity contribution >= 4 is 29.3 Å². The molecule has 0 spiro atoms. The molecule has 0 saturated carbocycles. The predicted molar refractivity (Wildman–Crippen MR) is 90.5 cm³/mol. The van der Waals surface area contributed by atoms with E-state index < -0.39 is 12.0 Å². The van der Waals surface area contributed by atoms with Gasteiger partial charge in [-0.2, -0.15) is 0 Å². The number of ether oxygens (including phenoxy) is 1. The lowest BCUT2D eigenvalue weighted by molar-refractivity contribution is -0.146. The Labute approximate surface area is 139 Å². The number of hydrogen-bond donors (Lipinski definition) is 0. The van der Waals surface area contributed by atoms with Crippen molar-refractivity contribution in [2.45, 2.75) is 17.9 Å². The Morgan fingerprint density at radius 1 is 1.17 bits per heavy atom. The number of rotatable bonds is 4. The van der Waals surface area contributed by atoms with Gasteiger partial charge < -0.3 is 4.74 Å². The molecule has 0 aromatic heterocycles. The first-order valence-corrected chi connectivity index (χ1v) is 8.46. The smallest absolute Gasteiger partial charge is 0.333 e. The van der Waals surface area contributed by atoms with Crippen LogP contribution in [0.4, 0.5) is 5.69 Å². The Kier molecular flexibility index (Phi) is 4.67. The first kappa shape index (κ1) is 15.6. The fourth-order valence-electron chi connectivity index (χ4n) is 2.65.